The molecule has 0 saturated carbocycles. The van der Waals surface area contributed by atoms with Crippen molar-refractivity contribution >= 4 is 34.5 Å². The van der Waals surface area contributed by atoms with Crippen LogP contribution in [0.15, 0.2) is 30.3 Å². The molecule has 1 N–H and O–H groups in total. The molecule has 1 atom stereocenters. The summed E-state index contributed by atoms with van der Waals surface area (Å²) in [5.41, 5.74) is 1.01. The lowest BCUT2D eigenvalue weighted by atomic mass is 10.1. The first-order chi connectivity index (χ1) is 8.67. The molecule has 0 bridgehead atoms. The number of rotatable bonds is 4. The van der Waals surface area contributed by atoms with Crippen LogP contribution in [0.1, 0.15) is 24.3 Å². The molecule has 2 aromatic rings. The Balaban J connectivity index is 2.38. The Morgan fingerprint density at radius 1 is 1.22 bits per heavy atom. The summed E-state index contributed by atoms with van der Waals surface area (Å²) in [5, 5.41) is 4.54. The van der Waals surface area contributed by atoms with Crippen LogP contribution in [-0.4, -0.2) is 7.05 Å². The molecule has 96 valence electrons. The highest BCUT2D eigenvalue weighted by molar-refractivity contribution is 7.15. The van der Waals surface area contributed by atoms with E-state index in [0.29, 0.717) is 16.1 Å². The molecule has 18 heavy (non-hydrogen) atoms. The third-order valence-corrected chi connectivity index (χ3v) is 5.00. The molecule has 4 heteroatoms. The molecule has 1 aromatic carbocycles. The van der Waals surface area contributed by atoms with Crippen molar-refractivity contribution in [2.24, 2.45) is 0 Å². The van der Waals surface area contributed by atoms with Crippen LogP contribution in [0.5, 0.6) is 0 Å². The summed E-state index contributed by atoms with van der Waals surface area (Å²) in [5.74, 6) is 0. The highest BCUT2D eigenvalue weighted by Gasteiger charge is 2.13. The molecule has 0 aliphatic heterocycles. The average Bonchev–Trinajstić information content (AvgIpc) is 2.84. The Kier molecular flexibility index (Phi) is 4.68. The first-order valence-electron chi connectivity index (χ1n) is 5.88. The number of benzene rings is 1. The Bertz CT molecular complexity index is 532. The maximum Gasteiger partial charge on any atom is 0.0678 e. The average molecular weight is 300 g/mol. The van der Waals surface area contributed by atoms with Gasteiger partial charge in [-0.3, -0.25) is 0 Å². The van der Waals surface area contributed by atoms with Gasteiger partial charge in [0, 0.05) is 21.4 Å². The van der Waals surface area contributed by atoms with Gasteiger partial charge in [-0.2, -0.15) is 0 Å². The van der Waals surface area contributed by atoms with Gasteiger partial charge in [-0.15, -0.1) is 11.3 Å². The fraction of sp³-hybridized carbons (Fsp3) is 0.286. The lowest BCUT2D eigenvalue weighted by molar-refractivity contribution is 0.586. The van der Waals surface area contributed by atoms with Crippen LogP contribution >= 0.6 is 34.5 Å². The summed E-state index contributed by atoms with van der Waals surface area (Å²) in [7, 11) is 1.99. The summed E-state index contributed by atoms with van der Waals surface area (Å²) >= 11 is 14.1. The smallest absolute Gasteiger partial charge is 0.0678 e. The third-order valence-electron chi connectivity index (χ3n) is 2.94. The molecular formula is C14H15Cl2NS. The summed E-state index contributed by atoms with van der Waals surface area (Å²) < 4.78 is 0. The van der Waals surface area contributed by atoms with Crippen molar-refractivity contribution in [3.05, 3.63) is 45.3 Å². The molecule has 1 nitrogen and oxygen atoms in total. The van der Waals surface area contributed by atoms with Crippen LogP contribution in [0.3, 0.4) is 0 Å². The molecule has 1 unspecified atom stereocenters. The van der Waals surface area contributed by atoms with Crippen molar-refractivity contribution in [1.29, 1.82) is 0 Å². The van der Waals surface area contributed by atoms with Gasteiger partial charge in [0.25, 0.3) is 0 Å². The third kappa shape index (κ3) is 2.72. The molecular weight excluding hydrogens is 285 g/mol. The molecule has 2 rings (SSSR count). The van der Waals surface area contributed by atoms with Crippen LogP contribution in [0, 0.1) is 0 Å². The van der Waals surface area contributed by atoms with E-state index in [0.717, 1.165) is 16.9 Å². The summed E-state index contributed by atoms with van der Waals surface area (Å²) in [6.45, 7) is 2.17. The van der Waals surface area contributed by atoms with Gasteiger partial charge in [0.15, 0.2) is 0 Å². The molecule has 0 saturated heterocycles. The second-order valence-corrected chi connectivity index (χ2v) is 5.95. The van der Waals surface area contributed by atoms with Gasteiger partial charge in [0.1, 0.15) is 0 Å². The van der Waals surface area contributed by atoms with Crippen molar-refractivity contribution in [3.63, 3.8) is 0 Å². The zero-order chi connectivity index (χ0) is 13.1. The number of thiophene rings is 1. The van der Waals surface area contributed by atoms with Crippen LogP contribution in [-0.2, 0) is 0 Å². The quantitative estimate of drug-likeness (QED) is 0.798. The predicted molar refractivity (Wildman–Crippen MR) is 81.9 cm³/mol. The van der Waals surface area contributed by atoms with E-state index < -0.39 is 0 Å². The molecule has 0 spiro atoms. The van der Waals surface area contributed by atoms with Gasteiger partial charge >= 0.3 is 0 Å². The molecule has 0 amide bonds. The van der Waals surface area contributed by atoms with Gasteiger partial charge in [-0.1, -0.05) is 42.3 Å². The van der Waals surface area contributed by atoms with E-state index in [1.807, 2.05) is 25.2 Å². The monoisotopic (exact) mass is 299 g/mol. The molecule has 0 fully saturated rings. The predicted octanol–water partition coefficient (Wildman–Crippen LogP) is 5.39. The Morgan fingerprint density at radius 3 is 2.67 bits per heavy atom. The zero-order valence-corrected chi connectivity index (χ0v) is 12.7. The molecule has 0 aliphatic rings. The van der Waals surface area contributed by atoms with Crippen LogP contribution in [0.25, 0.3) is 10.4 Å². The minimum absolute atomic E-state index is 0.404. The van der Waals surface area contributed by atoms with Gasteiger partial charge in [0.2, 0.25) is 0 Å². The van der Waals surface area contributed by atoms with Crippen molar-refractivity contribution in [3.8, 4) is 10.4 Å². The van der Waals surface area contributed by atoms with Crippen LogP contribution in [0.2, 0.25) is 10.0 Å². The van der Waals surface area contributed by atoms with Gasteiger partial charge < -0.3 is 5.32 Å². The van der Waals surface area contributed by atoms with E-state index in [1.54, 1.807) is 11.3 Å². The normalized spacial score (nSPS) is 12.7. The van der Waals surface area contributed by atoms with E-state index in [2.05, 4.69) is 24.4 Å². The van der Waals surface area contributed by atoms with Crippen molar-refractivity contribution in [2.75, 3.05) is 7.05 Å². The van der Waals surface area contributed by atoms with E-state index in [1.165, 1.54) is 4.88 Å². The largest absolute Gasteiger partial charge is 0.312 e. The van der Waals surface area contributed by atoms with Crippen molar-refractivity contribution in [1.82, 2.24) is 5.32 Å². The molecule has 1 heterocycles. The Morgan fingerprint density at radius 2 is 2.00 bits per heavy atom. The van der Waals surface area contributed by atoms with Crippen molar-refractivity contribution in [2.45, 2.75) is 19.4 Å². The second kappa shape index (κ2) is 6.07. The first kappa shape index (κ1) is 13.9. The summed E-state index contributed by atoms with van der Waals surface area (Å²) in [6.07, 6.45) is 1.07. The number of hydrogen-bond donors (Lipinski definition) is 1. The fourth-order valence-corrected chi connectivity index (χ4v) is 3.62. The maximum atomic E-state index is 6.24. The fourth-order valence-electron chi connectivity index (χ4n) is 1.93. The maximum absolute atomic E-state index is 6.24. The van der Waals surface area contributed by atoms with E-state index in [9.17, 15) is 0 Å². The minimum Gasteiger partial charge on any atom is -0.312 e. The molecule has 1 aromatic heterocycles. The molecule has 0 aliphatic carbocycles. The van der Waals surface area contributed by atoms with E-state index in [4.69, 9.17) is 23.2 Å². The Hall–Kier alpha value is -0.540. The van der Waals surface area contributed by atoms with Crippen molar-refractivity contribution < 1.29 is 0 Å². The van der Waals surface area contributed by atoms with Crippen LogP contribution < -0.4 is 5.32 Å². The molecule has 0 radical (unpaired) electrons. The van der Waals surface area contributed by atoms with Crippen LogP contribution in [0.4, 0.5) is 0 Å². The number of hydrogen-bond acceptors (Lipinski definition) is 2. The van der Waals surface area contributed by atoms with Gasteiger partial charge in [-0.25, -0.2) is 0 Å². The standard InChI is InChI=1S/C14H15Cl2NS/c1-3-11(17-2)13-8-7-12(18-13)9-5-4-6-10(15)14(9)16/h4-8,11,17H,3H2,1-2H3. The lowest BCUT2D eigenvalue weighted by Gasteiger charge is -2.10. The van der Waals surface area contributed by atoms with Gasteiger partial charge in [-0.05, 0) is 31.7 Å². The summed E-state index contributed by atoms with van der Waals surface area (Å²) in [4.78, 5) is 2.48. The summed E-state index contributed by atoms with van der Waals surface area (Å²) in [6, 6.07) is 10.4. The minimum atomic E-state index is 0.404. The van der Waals surface area contributed by atoms with E-state index >= 15 is 0 Å². The first-order valence-corrected chi connectivity index (χ1v) is 7.46. The Labute approximate surface area is 122 Å². The second-order valence-electron chi connectivity index (χ2n) is 4.05. The zero-order valence-electron chi connectivity index (χ0n) is 10.3. The SMILES string of the molecule is CCC(NC)c1ccc(-c2cccc(Cl)c2Cl)s1. The highest BCUT2D eigenvalue weighted by Crippen LogP contribution is 2.38. The number of halogens is 2. The number of nitrogens with one attached hydrogen (secondary N) is 1. The topological polar surface area (TPSA) is 12.0 Å². The lowest BCUT2D eigenvalue weighted by Crippen LogP contribution is -2.13. The van der Waals surface area contributed by atoms with E-state index in [-0.39, 0.29) is 0 Å². The van der Waals surface area contributed by atoms with Gasteiger partial charge in [0.05, 0.1) is 10.0 Å². The highest BCUT2D eigenvalue weighted by atomic mass is 35.5.